The minimum absolute atomic E-state index is 0.108. The second-order valence-electron chi connectivity index (χ2n) is 4.15. The lowest BCUT2D eigenvalue weighted by atomic mass is 10.2. The van der Waals surface area contributed by atoms with Gasteiger partial charge in [-0.25, -0.2) is 0 Å². The van der Waals surface area contributed by atoms with Crippen LogP contribution in [0.15, 0.2) is 29.2 Å². The molecule has 1 aromatic rings. The Balaban J connectivity index is 0.000000631. The summed E-state index contributed by atoms with van der Waals surface area (Å²) in [6, 6.07) is 6.33. The smallest absolute Gasteiger partial charge is 0.297 e. The van der Waals surface area contributed by atoms with Gasteiger partial charge in [0.2, 0.25) is 0 Å². The van der Waals surface area contributed by atoms with Crippen LogP contribution in [0.25, 0.3) is 0 Å². The number of benzene rings is 1. The molecule has 0 atom stereocenters. The normalized spacial score (nSPS) is 11.0. The molecule has 0 radical (unpaired) electrons. The van der Waals surface area contributed by atoms with Crippen molar-refractivity contribution in [3.63, 3.8) is 0 Å². The number of aliphatic hydroxyl groups is 1. The van der Waals surface area contributed by atoms with Gasteiger partial charge in [0.1, 0.15) is 0 Å². The first-order valence-electron chi connectivity index (χ1n) is 5.47. The summed E-state index contributed by atoms with van der Waals surface area (Å²) in [4.78, 5) is 2.11. The standard InChI is InChI=1S/C9H12O4S.C3H9N/c1-8-2-4-9(5-3-8)14(11,12)13-7-6-10;1-4(2)3/h2-5,10H,6-7H2,1H3;1-3H3. The Bertz CT molecular complexity index is 423. The predicted octanol–water partition coefficient (Wildman–Crippen LogP) is 0.870. The zero-order valence-electron chi connectivity index (χ0n) is 11.3. The van der Waals surface area contributed by atoms with E-state index in [0.717, 1.165) is 5.56 Å². The van der Waals surface area contributed by atoms with Gasteiger partial charge in [-0.2, -0.15) is 8.42 Å². The van der Waals surface area contributed by atoms with Gasteiger partial charge in [0.25, 0.3) is 10.1 Å². The maximum Gasteiger partial charge on any atom is 0.297 e. The van der Waals surface area contributed by atoms with Crippen LogP contribution in [0.1, 0.15) is 5.56 Å². The maximum absolute atomic E-state index is 11.4. The summed E-state index contributed by atoms with van der Waals surface area (Å²) < 4.78 is 27.3. The molecule has 0 amide bonds. The van der Waals surface area contributed by atoms with Crippen molar-refractivity contribution in [2.45, 2.75) is 11.8 Å². The van der Waals surface area contributed by atoms with Crippen LogP contribution in [0.2, 0.25) is 0 Å². The molecule has 104 valence electrons. The number of aryl methyl sites for hydroxylation is 1. The molecule has 0 saturated heterocycles. The Kier molecular flexibility index (Phi) is 7.77. The fourth-order valence-electron chi connectivity index (χ4n) is 0.920. The molecule has 1 rings (SSSR count). The minimum atomic E-state index is -3.70. The molecule has 0 spiro atoms. The van der Waals surface area contributed by atoms with Crippen molar-refractivity contribution >= 4 is 10.1 Å². The van der Waals surface area contributed by atoms with Gasteiger partial charge in [0.15, 0.2) is 0 Å². The van der Waals surface area contributed by atoms with Crippen molar-refractivity contribution in [2.75, 3.05) is 34.4 Å². The molecule has 0 bridgehead atoms. The molecule has 0 aliphatic rings. The Labute approximate surface area is 109 Å². The fourth-order valence-corrected chi connectivity index (χ4v) is 1.82. The van der Waals surface area contributed by atoms with E-state index in [-0.39, 0.29) is 18.1 Å². The Morgan fingerprint density at radius 3 is 2.00 bits per heavy atom. The number of rotatable bonds is 4. The summed E-state index contributed by atoms with van der Waals surface area (Å²) >= 11 is 0. The summed E-state index contributed by atoms with van der Waals surface area (Å²) in [5.74, 6) is 0. The number of nitrogens with zero attached hydrogens (tertiary/aromatic N) is 1. The lowest BCUT2D eigenvalue weighted by molar-refractivity contribution is 0.205. The van der Waals surface area contributed by atoms with Crippen LogP contribution in [0.5, 0.6) is 0 Å². The topological polar surface area (TPSA) is 66.8 Å². The molecule has 5 nitrogen and oxygen atoms in total. The highest BCUT2D eigenvalue weighted by atomic mass is 32.2. The van der Waals surface area contributed by atoms with Gasteiger partial charge in [0.05, 0.1) is 18.1 Å². The van der Waals surface area contributed by atoms with E-state index < -0.39 is 10.1 Å². The van der Waals surface area contributed by atoms with Gasteiger partial charge in [-0.05, 0) is 40.2 Å². The van der Waals surface area contributed by atoms with Gasteiger partial charge in [0, 0.05) is 0 Å². The third-order valence-electron chi connectivity index (χ3n) is 1.64. The van der Waals surface area contributed by atoms with Crippen molar-refractivity contribution in [1.82, 2.24) is 4.90 Å². The van der Waals surface area contributed by atoms with Crippen LogP contribution in [-0.4, -0.2) is 52.8 Å². The van der Waals surface area contributed by atoms with Crippen molar-refractivity contribution in [2.24, 2.45) is 0 Å². The highest BCUT2D eigenvalue weighted by molar-refractivity contribution is 7.86. The first kappa shape index (κ1) is 17.1. The SMILES string of the molecule is CN(C)C.Cc1ccc(S(=O)(=O)OCCO)cc1. The predicted molar refractivity (Wildman–Crippen MR) is 71.0 cm³/mol. The zero-order chi connectivity index (χ0) is 14.2. The van der Waals surface area contributed by atoms with E-state index in [1.807, 2.05) is 33.0 Å². The average Bonchev–Trinajstić information content (AvgIpc) is 2.26. The quantitative estimate of drug-likeness (QED) is 0.826. The van der Waals surface area contributed by atoms with Crippen LogP contribution in [-0.2, 0) is 14.3 Å². The van der Waals surface area contributed by atoms with E-state index in [9.17, 15) is 8.42 Å². The Morgan fingerprint density at radius 1 is 1.17 bits per heavy atom. The summed E-state index contributed by atoms with van der Waals surface area (Å²) in [5.41, 5.74) is 0.978. The van der Waals surface area contributed by atoms with E-state index in [2.05, 4.69) is 4.18 Å². The second-order valence-corrected chi connectivity index (χ2v) is 5.77. The maximum atomic E-state index is 11.4. The largest absolute Gasteiger partial charge is 0.394 e. The molecule has 0 aliphatic heterocycles. The van der Waals surface area contributed by atoms with E-state index >= 15 is 0 Å². The Hall–Kier alpha value is -0.950. The number of aliphatic hydroxyl groups excluding tert-OH is 1. The van der Waals surface area contributed by atoms with Crippen molar-refractivity contribution in [3.05, 3.63) is 29.8 Å². The van der Waals surface area contributed by atoms with Crippen molar-refractivity contribution in [3.8, 4) is 0 Å². The fraction of sp³-hybridized carbons (Fsp3) is 0.500. The van der Waals surface area contributed by atoms with Gasteiger partial charge in [-0.15, -0.1) is 0 Å². The molecular weight excluding hydrogens is 254 g/mol. The van der Waals surface area contributed by atoms with Crippen LogP contribution in [0.3, 0.4) is 0 Å². The average molecular weight is 275 g/mol. The van der Waals surface area contributed by atoms with Crippen LogP contribution in [0, 0.1) is 6.92 Å². The van der Waals surface area contributed by atoms with E-state index in [4.69, 9.17) is 5.11 Å². The van der Waals surface area contributed by atoms with Crippen LogP contribution < -0.4 is 0 Å². The summed E-state index contributed by atoms with van der Waals surface area (Å²) in [6.07, 6.45) is 0. The third kappa shape index (κ3) is 7.39. The molecule has 0 unspecified atom stereocenters. The molecule has 18 heavy (non-hydrogen) atoms. The molecular formula is C12H21NO4S. The summed E-state index contributed by atoms with van der Waals surface area (Å²) in [5, 5.41) is 8.43. The highest BCUT2D eigenvalue weighted by Gasteiger charge is 2.13. The first-order chi connectivity index (χ1) is 8.29. The molecule has 1 N–H and O–H groups in total. The molecule has 1 aromatic carbocycles. The minimum Gasteiger partial charge on any atom is -0.394 e. The monoisotopic (exact) mass is 275 g/mol. The molecule has 0 saturated carbocycles. The second kappa shape index (κ2) is 8.20. The molecule has 0 aromatic heterocycles. The van der Waals surface area contributed by atoms with E-state index in [0.29, 0.717) is 0 Å². The highest BCUT2D eigenvalue weighted by Crippen LogP contribution is 2.12. The van der Waals surface area contributed by atoms with E-state index in [1.54, 1.807) is 12.1 Å². The molecule has 0 fully saturated rings. The van der Waals surface area contributed by atoms with Gasteiger partial charge in [-0.3, -0.25) is 4.18 Å². The van der Waals surface area contributed by atoms with E-state index in [1.165, 1.54) is 12.1 Å². The van der Waals surface area contributed by atoms with Gasteiger partial charge in [-0.1, -0.05) is 17.7 Å². The third-order valence-corrected chi connectivity index (χ3v) is 2.97. The summed E-state index contributed by atoms with van der Waals surface area (Å²) in [6.45, 7) is 1.34. The first-order valence-corrected chi connectivity index (χ1v) is 6.88. The van der Waals surface area contributed by atoms with Crippen molar-refractivity contribution in [1.29, 1.82) is 0 Å². The Morgan fingerprint density at radius 2 is 1.61 bits per heavy atom. The lowest BCUT2D eigenvalue weighted by Gasteiger charge is -2.03. The molecule has 6 heteroatoms. The number of hydrogen-bond donors (Lipinski definition) is 1. The lowest BCUT2D eigenvalue weighted by Crippen LogP contribution is -2.09. The number of hydrogen-bond acceptors (Lipinski definition) is 5. The molecule has 0 aliphatic carbocycles. The van der Waals surface area contributed by atoms with Gasteiger partial charge < -0.3 is 10.0 Å². The zero-order valence-corrected chi connectivity index (χ0v) is 12.1. The summed E-state index contributed by atoms with van der Waals surface area (Å²) in [7, 11) is 2.30. The van der Waals surface area contributed by atoms with Gasteiger partial charge >= 0.3 is 0 Å². The van der Waals surface area contributed by atoms with Crippen LogP contribution >= 0.6 is 0 Å². The molecule has 0 heterocycles. The van der Waals surface area contributed by atoms with Crippen LogP contribution in [0.4, 0.5) is 0 Å². The van der Waals surface area contributed by atoms with Crippen molar-refractivity contribution < 1.29 is 17.7 Å².